The lowest BCUT2D eigenvalue weighted by Gasteiger charge is -2.19. The van der Waals surface area contributed by atoms with Gasteiger partial charge >= 0.3 is 5.69 Å². The summed E-state index contributed by atoms with van der Waals surface area (Å²) in [6, 6.07) is 5.28. The van der Waals surface area contributed by atoms with Crippen molar-refractivity contribution >= 4 is 23.5 Å². The first-order valence-corrected chi connectivity index (χ1v) is 8.90. The van der Waals surface area contributed by atoms with Gasteiger partial charge < -0.3 is 20.1 Å². The van der Waals surface area contributed by atoms with Gasteiger partial charge in [-0.25, -0.2) is 4.79 Å². The number of unbranched alkanes of at least 4 members (excludes halogenated alkanes) is 1. The lowest BCUT2D eigenvalue weighted by molar-refractivity contribution is -0.113. The molecule has 28 heavy (non-hydrogen) atoms. The van der Waals surface area contributed by atoms with E-state index < -0.39 is 17.2 Å². The molecule has 0 bridgehead atoms. The van der Waals surface area contributed by atoms with E-state index in [1.807, 2.05) is 6.92 Å². The van der Waals surface area contributed by atoms with Gasteiger partial charge in [-0.05, 0) is 30.2 Å². The van der Waals surface area contributed by atoms with E-state index >= 15 is 0 Å². The minimum absolute atomic E-state index is 0.0328. The highest BCUT2D eigenvalue weighted by atomic mass is 16.7. The number of aromatic amines is 1. The molecule has 1 aromatic carbocycles. The number of aromatic nitrogens is 2. The Morgan fingerprint density at radius 3 is 2.82 bits per heavy atom. The molecule has 2 aromatic rings. The van der Waals surface area contributed by atoms with Crippen molar-refractivity contribution in [3.63, 3.8) is 0 Å². The number of fused-ring (bicyclic) bond motifs is 1. The molecule has 0 saturated carbocycles. The molecule has 1 aromatic heterocycles. The average Bonchev–Trinajstić information content (AvgIpc) is 3.13. The summed E-state index contributed by atoms with van der Waals surface area (Å²) in [6.07, 6.45) is 4.49. The number of hydrogen-bond donors (Lipinski definition) is 2. The van der Waals surface area contributed by atoms with Crippen LogP contribution in [0.1, 0.15) is 25.3 Å². The second-order valence-corrected chi connectivity index (χ2v) is 6.34. The van der Waals surface area contributed by atoms with E-state index in [1.165, 1.54) is 17.7 Å². The maximum atomic E-state index is 12.6. The first kappa shape index (κ1) is 19.3. The van der Waals surface area contributed by atoms with Crippen LogP contribution < -0.4 is 31.4 Å². The number of ether oxygens (including phenoxy) is 2. The third kappa shape index (κ3) is 3.78. The second kappa shape index (κ2) is 8.03. The van der Waals surface area contributed by atoms with E-state index in [0.717, 1.165) is 23.3 Å². The maximum absolute atomic E-state index is 12.6. The summed E-state index contributed by atoms with van der Waals surface area (Å²) < 4.78 is 11.8. The zero-order chi connectivity index (χ0) is 20.3. The van der Waals surface area contributed by atoms with Crippen LogP contribution in [0, 0.1) is 0 Å². The summed E-state index contributed by atoms with van der Waals surface area (Å²) >= 11 is 0. The molecule has 148 valence electrons. The number of nitrogen functional groups attached to an aromatic ring is 1. The lowest BCUT2D eigenvalue weighted by atomic mass is 10.2. The van der Waals surface area contributed by atoms with Gasteiger partial charge in [0.05, 0.1) is 0 Å². The van der Waals surface area contributed by atoms with Gasteiger partial charge in [-0.15, -0.1) is 0 Å². The number of H-pyrrole nitrogens is 1. The summed E-state index contributed by atoms with van der Waals surface area (Å²) in [4.78, 5) is 40.1. The van der Waals surface area contributed by atoms with E-state index in [4.69, 9.17) is 15.2 Å². The Morgan fingerprint density at radius 2 is 2.07 bits per heavy atom. The molecular weight excluding hydrogens is 364 g/mol. The molecule has 3 rings (SSSR count). The van der Waals surface area contributed by atoms with Crippen LogP contribution in [0.25, 0.3) is 6.08 Å². The number of nitrogens with two attached hydrogens (primary N) is 1. The quantitative estimate of drug-likeness (QED) is 0.723. The molecule has 0 aliphatic carbocycles. The number of anilines is 2. The molecule has 0 spiro atoms. The number of benzene rings is 1. The first-order chi connectivity index (χ1) is 13.4. The van der Waals surface area contributed by atoms with Crippen LogP contribution in [-0.2, 0) is 11.3 Å². The monoisotopic (exact) mass is 386 g/mol. The van der Waals surface area contributed by atoms with Crippen molar-refractivity contribution in [1.82, 2.24) is 9.55 Å². The third-order valence-corrected chi connectivity index (χ3v) is 4.43. The Hall–Kier alpha value is -3.49. The molecule has 1 aliphatic heterocycles. The molecule has 1 amide bonds. The van der Waals surface area contributed by atoms with Gasteiger partial charge in [0.2, 0.25) is 6.79 Å². The summed E-state index contributed by atoms with van der Waals surface area (Å²) in [5.41, 5.74) is 5.41. The highest BCUT2D eigenvalue weighted by molar-refractivity contribution is 6.04. The van der Waals surface area contributed by atoms with E-state index in [-0.39, 0.29) is 18.3 Å². The summed E-state index contributed by atoms with van der Waals surface area (Å²) in [7, 11) is 1.43. The SMILES string of the molecule is CCCCn1c(N)c(N(C)C(=O)/C=C/c2ccc3c(c2)OCO3)c(=O)[nH]c1=O. The Bertz CT molecular complexity index is 1040. The van der Waals surface area contributed by atoms with Crippen molar-refractivity contribution in [2.75, 3.05) is 24.5 Å². The van der Waals surface area contributed by atoms with Crippen molar-refractivity contribution in [2.45, 2.75) is 26.3 Å². The fourth-order valence-electron chi connectivity index (χ4n) is 2.85. The molecule has 2 heterocycles. The zero-order valence-corrected chi connectivity index (χ0v) is 15.7. The highest BCUT2D eigenvalue weighted by Gasteiger charge is 2.19. The van der Waals surface area contributed by atoms with E-state index in [2.05, 4.69) is 4.98 Å². The summed E-state index contributed by atoms with van der Waals surface area (Å²) in [6.45, 7) is 2.50. The minimum atomic E-state index is -0.706. The van der Waals surface area contributed by atoms with Crippen LogP contribution in [-0.4, -0.2) is 29.3 Å². The van der Waals surface area contributed by atoms with Gasteiger partial charge in [0.15, 0.2) is 17.2 Å². The number of rotatable bonds is 6. The lowest BCUT2D eigenvalue weighted by Crippen LogP contribution is -2.38. The molecule has 0 fully saturated rings. The van der Waals surface area contributed by atoms with Gasteiger partial charge in [-0.2, -0.15) is 0 Å². The molecule has 9 nitrogen and oxygen atoms in total. The van der Waals surface area contributed by atoms with Crippen molar-refractivity contribution < 1.29 is 14.3 Å². The van der Waals surface area contributed by atoms with Crippen molar-refractivity contribution in [1.29, 1.82) is 0 Å². The van der Waals surface area contributed by atoms with Crippen LogP contribution >= 0.6 is 0 Å². The van der Waals surface area contributed by atoms with Gasteiger partial charge in [-0.1, -0.05) is 19.4 Å². The normalized spacial score (nSPS) is 12.5. The number of carbonyl (C=O) groups excluding carboxylic acids is 1. The fraction of sp³-hybridized carbons (Fsp3) is 0.316. The molecule has 0 radical (unpaired) electrons. The number of nitrogens with zero attached hydrogens (tertiary/aromatic N) is 2. The van der Waals surface area contributed by atoms with Gasteiger partial charge in [0.1, 0.15) is 5.82 Å². The van der Waals surface area contributed by atoms with E-state index in [0.29, 0.717) is 18.0 Å². The van der Waals surface area contributed by atoms with Crippen molar-refractivity contribution in [3.8, 4) is 11.5 Å². The standard InChI is InChI=1S/C19H22N4O5/c1-3-4-9-23-17(20)16(18(25)21-19(23)26)22(2)15(24)8-6-12-5-7-13-14(10-12)28-11-27-13/h5-8,10H,3-4,9,11,20H2,1-2H3,(H,21,25,26)/b8-6+. The Balaban J connectivity index is 1.85. The predicted octanol–water partition coefficient (Wildman–Crippen LogP) is 1.32. The smallest absolute Gasteiger partial charge is 0.330 e. The zero-order valence-electron chi connectivity index (χ0n) is 15.7. The molecule has 0 atom stereocenters. The van der Waals surface area contributed by atoms with Crippen LogP contribution in [0.15, 0.2) is 33.9 Å². The van der Waals surface area contributed by atoms with Crippen molar-refractivity contribution in [2.24, 2.45) is 0 Å². The number of amides is 1. The largest absolute Gasteiger partial charge is 0.454 e. The fourth-order valence-corrected chi connectivity index (χ4v) is 2.85. The number of likely N-dealkylation sites (N-methyl/N-ethyl adjacent to an activating group) is 1. The topological polar surface area (TPSA) is 120 Å². The molecule has 0 saturated heterocycles. The molecule has 3 N–H and O–H groups in total. The summed E-state index contributed by atoms with van der Waals surface area (Å²) in [5.74, 6) is 0.756. The van der Waals surface area contributed by atoms with E-state index in [9.17, 15) is 14.4 Å². The maximum Gasteiger partial charge on any atom is 0.330 e. The number of carbonyl (C=O) groups is 1. The van der Waals surface area contributed by atoms with Crippen molar-refractivity contribution in [3.05, 3.63) is 50.7 Å². The van der Waals surface area contributed by atoms with Gasteiger partial charge in [-0.3, -0.25) is 19.1 Å². The molecule has 1 aliphatic rings. The van der Waals surface area contributed by atoms with E-state index in [1.54, 1.807) is 24.3 Å². The van der Waals surface area contributed by atoms with Crippen LogP contribution in [0.5, 0.6) is 11.5 Å². The van der Waals surface area contributed by atoms with Gasteiger partial charge in [0, 0.05) is 19.7 Å². The second-order valence-electron chi connectivity index (χ2n) is 6.34. The Morgan fingerprint density at radius 1 is 1.32 bits per heavy atom. The molecular formula is C19H22N4O5. The van der Waals surface area contributed by atoms with Crippen LogP contribution in [0.3, 0.4) is 0 Å². The molecule has 9 heteroatoms. The first-order valence-electron chi connectivity index (χ1n) is 8.90. The van der Waals surface area contributed by atoms with Gasteiger partial charge in [0.25, 0.3) is 11.5 Å². The molecule has 0 unspecified atom stereocenters. The highest BCUT2D eigenvalue weighted by Crippen LogP contribution is 2.32. The Labute approximate surface area is 161 Å². The van der Waals surface area contributed by atoms with Crippen LogP contribution in [0.4, 0.5) is 11.5 Å². The Kier molecular flexibility index (Phi) is 5.53. The summed E-state index contributed by atoms with van der Waals surface area (Å²) in [5, 5.41) is 0. The average molecular weight is 386 g/mol. The van der Waals surface area contributed by atoms with Crippen LogP contribution in [0.2, 0.25) is 0 Å². The number of hydrogen-bond acceptors (Lipinski definition) is 6. The third-order valence-electron chi connectivity index (χ3n) is 4.43. The predicted molar refractivity (Wildman–Crippen MR) is 106 cm³/mol. The number of nitrogens with one attached hydrogen (secondary N) is 1. The minimum Gasteiger partial charge on any atom is -0.454 e.